The van der Waals surface area contributed by atoms with Crippen LogP contribution in [0.3, 0.4) is 0 Å². The van der Waals surface area contributed by atoms with Gasteiger partial charge in [0, 0.05) is 102 Å². The molecule has 10 N–H and O–H groups in total. The SMILES string of the molecule is CCC[C@H](CCC(=O)[C@H](CCC(=O)O)NC(=O)C(C)(C)C(=O)NCCc1c[nH]cn1)C(=O)CN[C@@H](CCCCNC(=O)COCCOCCCC(=O)COCCOCCNC(=O)CC[C@H](CC(=O)CCCCCCCCCOc1ccc(C(=O)O)cc1)C(=O)O)[C@@H](CCC(=O)O)C(C)=O. The molecule has 0 saturated carbocycles. The van der Waals surface area contributed by atoms with Crippen molar-refractivity contribution in [1.29, 1.82) is 0 Å². The summed E-state index contributed by atoms with van der Waals surface area (Å²) in [5, 5.41) is 51.4. The Morgan fingerprint density at radius 3 is 1.82 bits per heavy atom. The Labute approximate surface area is 580 Å². The summed E-state index contributed by atoms with van der Waals surface area (Å²) in [5.41, 5.74) is -0.722. The minimum Gasteiger partial charge on any atom is -0.494 e. The van der Waals surface area contributed by atoms with E-state index in [1.54, 1.807) is 18.3 Å². The maximum absolute atomic E-state index is 13.8. The number of nitrogens with one attached hydrogen (secondary N) is 6. The number of nitrogens with zero attached hydrogens (tertiary/aromatic N) is 1. The third-order valence-corrected chi connectivity index (χ3v) is 16.6. The van der Waals surface area contributed by atoms with Crippen molar-refractivity contribution in [1.82, 2.24) is 36.6 Å². The third-order valence-electron chi connectivity index (χ3n) is 16.6. The quantitative estimate of drug-likeness (QED) is 0.0269. The van der Waals surface area contributed by atoms with E-state index in [4.69, 9.17) is 28.8 Å². The van der Waals surface area contributed by atoms with Gasteiger partial charge in [-0.05, 0) is 109 Å². The van der Waals surface area contributed by atoms with Gasteiger partial charge in [-0.15, -0.1) is 0 Å². The minimum atomic E-state index is -1.63. The molecule has 29 nitrogen and oxygen atoms in total. The number of carbonyl (C=O) groups excluding carboxylic acids is 9. The highest BCUT2D eigenvalue weighted by Crippen LogP contribution is 2.23. The summed E-state index contributed by atoms with van der Waals surface area (Å²) in [5.74, 6) is -9.50. The van der Waals surface area contributed by atoms with Gasteiger partial charge in [-0.25, -0.2) is 9.78 Å². The molecule has 0 aliphatic rings. The Morgan fingerprint density at radius 2 is 1.17 bits per heavy atom. The number of benzene rings is 1. The molecule has 0 unspecified atom stereocenters. The Kier molecular flexibility index (Phi) is 46.0. The number of ketones is 5. The maximum Gasteiger partial charge on any atom is 0.335 e. The number of imidazole rings is 1. The number of rotatable bonds is 64. The standard InChI is InChI=1S/C70H109N7O22/c1-5-16-50(22-28-60(81)59(27-31-65(87)88)77-69(94)70(3,4)68(93)74-34-32-53-44-71-48-76-53)61(82)45-75-58(57(49(2)78)26-30-64(85)86)19-12-13-33-72-63(84)47-98-42-39-95-36-15-18-55(80)46-97-41-40-96-38-35-73-62(83)29-23-52(67(91)92)43-54(79)17-11-9-7-6-8-10-14-37-99-56-24-20-51(21-25-56)66(89)90/h20-21,24-25,44,48,50,52,57-59,75H,5-19,22-23,26-43,45-47H2,1-4H3,(H,71,76)(H,72,84)(H,73,83)(H,74,93)(H,77,94)(H,85,86)(H,87,88)(H,89,90)(H,91,92)/t50-,52-,57+,58+,59+/m1/s1. The van der Waals surface area contributed by atoms with Crippen LogP contribution in [0.2, 0.25) is 0 Å². The van der Waals surface area contributed by atoms with Crippen LogP contribution in [0.15, 0.2) is 36.8 Å². The van der Waals surface area contributed by atoms with E-state index in [2.05, 4.69) is 36.6 Å². The highest BCUT2D eigenvalue weighted by atomic mass is 16.5. The summed E-state index contributed by atoms with van der Waals surface area (Å²) in [4.78, 5) is 169. The van der Waals surface area contributed by atoms with Crippen molar-refractivity contribution in [2.75, 3.05) is 85.6 Å². The molecule has 0 spiro atoms. The van der Waals surface area contributed by atoms with Gasteiger partial charge in [0.15, 0.2) is 11.6 Å². The highest BCUT2D eigenvalue weighted by Gasteiger charge is 2.38. The fourth-order valence-corrected chi connectivity index (χ4v) is 10.6. The monoisotopic (exact) mass is 1400 g/mol. The molecule has 0 aliphatic carbocycles. The van der Waals surface area contributed by atoms with Crippen LogP contribution in [0.25, 0.3) is 0 Å². The van der Waals surface area contributed by atoms with Gasteiger partial charge < -0.3 is 75.7 Å². The lowest BCUT2D eigenvalue weighted by Gasteiger charge is -2.27. The molecule has 0 fully saturated rings. The van der Waals surface area contributed by atoms with E-state index in [1.807, 2.05) is 6.92 Å². The van der Waals surface area contributed by atoms with Gasteiger partial charge >= 0.3 is 23.9 Å². The number of unbranched alkanes of at least 4 members (excludes halogenated alkanes) is 7. The van der Waals surface area contributed by atoms with Gasteiger partial charge in [0.05, 0.1) is 75.7 Å². The molecular weight excluding hydrogens is 1290 g/mol. The second kappa shape index (κ2) is 52.2. The molecular formula is C70H109N7O22. The Morgan fingerprint density at radius 1 is 0.545 bits per heavy atom. The molecule has 0 aliphatic heterocycles. The first-order chi connectivity index (χ1) is 47.3. The van der Waals surface area contributed by atoms with E-state index in [0.29, 0.717) is 75.8 Å². The van der Waals surface area contributed by atoms with E-state index >= 15 is 0 Å². The summed E-state index contributed by atoms with van der Waals surface area (Å²) in [7, 11) is 0. The van der Waals surface area contributed by atoms with Crippen molar-refractivity contribution in [3.8, 4) is 5.75 Å². The molecule has 99 heavy (non-hydrogen) atoms. The van der Waals surface area contributed by atoms with Crippen LogP contribution >= 0.6 is 0 Å². The number of carboxylic acid groups (broad SMARTS) is 4. The van der Waals surface area contributed by atoms with Gasteiger partial charge in [0.25, 0.3) is 0 Å². The number of aliphatic carboxylic acids is 3. The number of aromatic carboxylic acids is 1. The van der Waals surface area contributed by atoms with Crippen molar-refractivity contribution < 1.29 is 106 Å². The molecule has 0 saturated heterocycles. The van der Waals surface area contributed by atoms with E-state index in [9.17, 15) is 77.6 Å². The minimum absolute atomic E-state index is 0.0226. The second-order valence-corrected chi connectivity index (χ2v) is 25.1. The van der Waals surface area contributed by atoms with Crippen molar-refractivity contribution in [3.05, 3.63) is 48.0 Å². The van der Waals surface area contributed by atoms with E-state index in [-0.39, 0.29) is 177 Å². The largest absolute Gasteiger partial charge is 0.494 e. The van der Waals surface area contributed by atoms with Crippen LogP contribution in [-0.2, 0) is 82.9 Å². The van der Waals surface area contributed by atoms with Crippen molar-refractivity contribution in [2.45, 2.75) is 200 Å². The van der Waals surface area contributed by atoms with Gasteiger partial charge in [-0.1, -0.05) is 51.9 Å². The number of aromatic amines is 1. The Bertz CT molecular complexity index is 2780. The van der Waals surface area contributed by atoms with Crippen molar-refractivity contribution >= 4 is 76.4 Å². The lowest BCUT2D eigenvalue weighted by Crippen LogP contribution is -2.52. The summed E-state index contributed by atoms with van der Waals surface area (Å²) in [6.07, 6.45) is 12.0. The molecule has 1 heterocycles. The predicted molar refractivity (Wildman–Crippen MR) is 362 cm³/mol. The Balaban J connectivity index is 1.59. The van der Waals surface area contributed by atoms with Gasteiger partial charge in [0.1, 0.15) is 41.7 Å². The average molecular weight is 1400 g/mol. The van der Waals surface area contributed by atoms with Crippen LogP contribution in [0.4, 0.5) is 0 Å². The normalized spacial score (nSPS) is 12.8. The van der Waals surface area contributed by atoms with Gasteiger partial charge in [-0.2, -0.15) is 0 Å². The fraction of sp³-hybridized carbons (Fsp3) is 0.686. The number of aromatic nitrogens is 2. The zero-order valence-corrected chi connectivity index (χ0v) is 58.3. The molecule has 1 aromatic carbocycles. The predicted octanol–water partition coefficient (Wildman–Crippen LogP) is 5.96. The number of hydrogen-bond acceptors (Lipinski definition) is 20. The van der Waals surface area contributed by atoms with Crippen LogP contribution in [0, 0.1) is 23.2 Å². The molecule has 29 heteroatoms. The lowest BCUT2D eigenvalue weighted by molar-refractivity contribution is -0.144. The van der Waals surface area contributed by atoms with Crippen LogP contribution in [0.5, 0.6) is 5.75 Å². The first-order valence-electron chi connectivity index (χ1n) is 34.7. The molecule has 4 amide bonds. The smallest absolute Gasteiger partial charge is 0.335 e. The maximum atomic E-state index is 13.8. The molecule has 2 aromatic rings. The number of hydrogen-bond donors (Lipinski definition) is 10. The Hall–Kier alpha value is -7.86. The van der Waals surface area contributed by atoms with Crippen molar-refractivity contribution in [3.63, 3.8) is 0 Å². The second-order valence-electron chi connectivity index (χ2n) is 25.1. The zero-order chi connectivity index (χ0) is 73.2. The first-order valence-corrected chi connectivity index (χ1v) is 34.7. The molecule has 0 bridgehead atoms. The number of carbonyl (C=O) groups is 13. The number of amides is 4. The number of ether oxygens (including phenoxy) is 5. The summed E-state index contributed by atoms with van der Waals surface area (Å²) in [6.45, 7) is 7.69. The number of H-pyrrole nitrogens is 1. The number of carboxylic acids is 4. The van der Waals surface area contributed by atoms with E-state index in [1.165, 1.54) is 39.2 Å². The molecule has 556 valence electrons. The summed E-state index contributed by atoms with van der Waals surface area (Å²) < 4.78 is 27.4. The highest BCUT2D eigenvalue weighted by molar-refractivity contribution is 6.05. The lowest BCUT2D eigenvalue weighted by atomic mass is 9.86. The zero-order valence-electron chi connectivity index (χ0n) is 58.3. The molecule has 0 radical (unpaired) electrons. The molecule has 5 atom stereocenters. The topological polar surface area (TPSA) is 438 Å². The van der Waals surface area contributed by atoms with Gasteiger partial charge in [-0.3, -0.25) is 57.5 Å². The summed E-state index contributed by atoms with van der Waals surface area (Å²) >= 11 is 0. The van der Waals surface area contributed by atoms with Crippen LogP contribution in [-0.4, -0.2) is 205 Å². The fourth-order valence-electron chi connectivity index (χ4n) is 10.6. The van der Waals surface area contributed by atoms with Crippen LogP contribution < -0.4 is 31.3 Å². The molecule has 1 aromatic heterocycles. The first kappa shape index (κ1) is 87.2. The molecule has 2 rings (SSSR count). The van der Waals surface area contributed by atoms with Crippen LogP contribution in [0.1, 0.15) is 198 Å². The third kappa shape index (κ3) is 41.3. The number of Topliss-reactive ketones (excluding diaryl/α,β-unsaturated/α-hetero) is 5. The summed E-state index contributed by atoms with van der Waals surface area (Å²) in [6, 6.07) is 4.43. The van der Waals surface area contributed by atoms with Crippen molar-refractivity contribution in [2.24, 2.45) is 23.2 Å². The average Bonchev–Trinajstić information content (AvgIpc) is 0.921. The van der Waals surface area contributed by atoms with Gasteiger partial charge in [0.2, 0.25) is 23.6 Å². The van der Waals surface area contributed by atoms with E-state index < -0.39 is 83.1 Å². The van der Waals surface area contributed by atoms with E-state index in [0.717, 1.165) is 38.5 Å².